The van der Waals surface area contributed by atoms with Gasteiger partial charge in [0.1, 0.15) is 0 Å². The number of carboxylic acids is 1. The zero-order chi connectivity index (χ0) is 16.1. The van der Waals surface area contributed by atoms with Crippen LogP contribution < -0.4 is 5.32 Å². The van der Waals surface area contributed by atoms with Gasteiger partial charge in [-0.15, -0.1) is 0 Å². The van der Waals surface area contributed by atoms with Crippen LogP contribution in [0.1, 0.15) is 55.7 Å². The summed E-state index contributed by atoms with van der Waals surface area (Å²) in [7, 11) is 1.97. The van der Waals surface area contributed by atoms with Crippen LogP contribution in [0.5, 0.6) is 0 Å². The van der Waals surface area contributed by atoms with Crippen molar-refractivity contribution in [2.24, 2.45) is 12.5 Å². The van der Waals surface area contributed by atoms with Crippen molar-refractivity contribution >= 4 is 5.97 Å². The van der Waals surface area contributed by atoms with Gasteiger partial charge in [-0.3, -0.25) is 9.48 Å². The van der Waals surface area contributed by atoms with Crippen molar-refractivity contribution in [3.05, 3.63) is 17.5 Å². The van der Waals surface area contributed by atoms with Crippen LogP contribution in [0.25, 0.3) is 0 Å². The summed E-state index contributed by atoms with van der Waals surface area (Å²) in [6.07, 6.45) is 8.13. The fourth-order valence-corrected chi connectivity index (χ4v) is 4.39. The minimum Gasteiger partial charge on any atom is -0.481 e. The molecule has 0 amide bonds. The third-order valence-electron chi connectivity index (χ3n) is 6.02. The number of nitrogens with zero attached hydrogens (tertiary/aromatic N) is 2. The Morgan fingerprint density at radius 2 is 2.35 bits per heavy atom. The number of ether oxygens (including phenoxy) is 1. The van der Waals surface area contributed by atoms with E-state index >= 15 is 0 Å². The molecular weight excluding hydrogens is 294 g/mol. The lowest BCUT2D eigenvalue weighted by atomic mass is 9.81. The van der Waals surface area contributed by atoms with Gasteiger partial charge in [0.25, 0.3) is 0 Å². The maximum Gasteiger partial charge on any atom is 0.312 e. The molecule has 2 unspecified atom stereocenters. The maximum atomic E-state index is 11.5. The standard InChI is InChI=1S/C17H25N3O3/c1-20-8-13(14(19-20)12-3-2-4-12)7-18-10-17-6-5-16(9-17,11-23-17)15(21)22/h8,12,18H,2-7,9-11H2,1H3,(H,21,22). The summed E-state index contributed by atoms with van der Waals surface area (Å²) in [5.41, 5.74) is 1.60. The molecule has 1 aliphatic heterocycles. The van der Waals surface area contributed by atoms with Crippen molar-refractivity contribution in [2.45, 2.75) is 56.6 Å². The molecule has 2 N–H and O–H groups in total. The van der Waals surface area contributed by atoms with Crippen molar-refractivity contribution in [2.75, 3.05) is 13.2 Å². The van der Waals surface area contributed by atoms with Crippen LogP contribution >= 0.6 is 0 Å². The molecule has 0 radical (unpaired) electrons. The van der Waals surface area contributed by atoms with Crippen molar-refractivity contribution in [1.29, 1.82) is 0 Å². The van der Waals surface area contributed by atoms with Crippen LogP contribution in [-0.4, -0.2) is 39.6 Å². The molecule has 1 aromatic rings. The summed E-state index contributed by atoms with van der Waals surface area (Å²) in [6.45, 7) is 1.87. The molecule has 4 rings (SSSR count). The minimum absolute atomic E-state index is 0.281. The zero-order valence-electron chi connectivity index (χ0n) is 13.7. The van der Waals surface area contributed by atoms with Crippen LogP contribution in [0.4, 0.5) is 0 Å². The van der Waals surface area contributed by atoms with Crippen LogP contribution in [0.2, 0.25) is 0 Å². The van der Waals surface area contributed by atoms with Crippen molar-refractivity contribution in [3.63, 3.8) is 0 Å². The van der Waals surface area contributed by atoms with Gasteiger partial charge in [0.05, 0.1) is 23.3 Å². The lowest BCUT2D eigenvalue weighted by Crippen LogP contribution is -2.39. The van der Waals surface area contributed by atoms with Crippen LogP contribution in [-0.2, 0) is 23.1 Å². The van der Waals surface area contributed by atoms with E-state index in [1.807, 2.05) is 11.7 Å². The number of aromatic nitrogens is 2. The second-order valence-corrected chi connectivity index (χ2v) is 7.68. The van der Waals surface area contributed by atoms with E-state index in [9.17, 15) is 9.90 Å². The number of aryl methyl sites for hydroxylation is 1. The first kappa shape index (κ1) is 15.1. The van der Waals surface area contributed by atoms with E-state index in [-0.39, 0.29) is 5.60 Å². The molecule has 23 heavy (non-hydrogen) atoms. The number of rotatable bonds is 6. The largest absolute Gasteiger partial charge is 0.481 e. The topological polar surface area (TPSA) is 76.4 Å². The molecular formula is C17H25N3O3. The van der Waals surface area contributed by atoms with E-state index in [4.69, 9.17) is 4.74 Å². The predicted molar refractivity (Wildman–Crippen MR) is 84.1 cm³/mol. The highest BCUT2D eigenvalue weighted by Gasteiger charge is 2.59. The first-order valence-electron chi connectivity index (χ1n) is 8.63. The van der Waals surface area contributed by atoms with Crippen molar-refractivity contribution in [3.8, 4) is 0 Å². The maximum absolute atomic E-state index is 11.5. The lowest BCUT2D eigenvalue weighted by Gasteiger charge is -2.28. The molecule has 2 saturated carbocycles. The molecule has 1 saturated heterocycles. The van der Waals surface area contributed by atoms with E-state index in [2.05, 4.69) is 16.6 Å². The summed E-state index contributed by atoms with van der Waals surface area (Å²) < 4.78 is 7.80. The quantitative estimate of drug-likeness (QED) is 0.836. The second kappa shape index (κ2) is 5.31. The SMILES string of the molecule is Cn1cc(CNCC23CCC(C(=O)O)(CO2)C3)c(C2CCC2)n1. The summed E-state index contributed by atoms with van der Waals surface area (Å²) >= 11 is 0. The summed E-state index contributed by atoms with van der Waals surface area (Å²) in [6, 6.07) is 0. The van der Waals surface area contributed by atoms with Gasteiger partial charge in [-0.25, -0.2) is 0 Å². The van der Waals surface area contributed by atoms with Gasteiger partial charge in [-0.2, -0.15) is 5.10 Å². The Kier molecular flexibility index (Phi) is 3.50. The number of carbonyl (C=O) groups is 1. The van der Waals surface area contributed by atoms with Gasteiger partial charge in [-0.05, 0) is 32.1 Å². The molecule has 2 heterocycles. The number of hydrogen-bond acceptors (Lipinski definition) is 4. The van der Waals surface area contributed by atoms with Gasteiger partial charge < -0.3 is 15.2 Å². The first-order valence-corrected chi connectivity index (χ1v) is 8.63. The van der Waals surface area contributed by atoms with Crippen LogP contribution in [0.3, 0.4) is 0 Å². The minimum atomic E-state index is -0.698. The molecule has 3 aliphatic rings. The zero-order valence-corrected chi connectivity index (χ0v) is 13.7. The highest BCUT2D eigenvalue weighted by atomic mass is 16.5. The number of nitrogens with one attached hydrogen (secondary N) is 1. The molecule has 2 aliphatic carbocycles. The normalized spacial score (nSPS) is 33.1. The first-order chi connectivity index (χ1) is 11.0. The Bertz CT molecular complexity index is 613. The van der Waals surface area contributed by atoms with Gasteiger partial charge in [0, 0.05) is 37.8 Å². The van der Waals surface area contributed by atoms with Crippen molar-refractivity contribution < 1.29 is 14.6 Å². The monoisotopic (exact) mass is 319 g/mol. The number of aliphatic carboxylic acids is 1. The summed E-state index contributed by atoms with van der Waals surface area (Å²) in [5, 5.41) is 17.6. The van der Waals surface area contributed by atoms with Gasteiger partial charge in [0.15, 0.2) is 0 Å². The number of carboxylic acid groups (broad SMARTS) is 1. The second-order valence-electron chi connectivity index (χ2n) is 7.68. The number of hydrogen-bond donors (Lipinski definition) is 2. The highest BCUT2D eigenvalue weighted by Crippen LogP contribution is 2.52. The van der Waals surface area contributed by atoms with E-state index in [1.54, 1.807) is 0 Å². The van der Waals surface area contributed by atoms with E-state index in [0.717, 1.165) is 25.9 Å². The van der Waals surface area contributed by atoms with Gasteiger partial charge >= 0.3 is 5.97 Å². The van der Waals surface area contributed by atoms with E-state index < -0.39 is 11.4 Å². The van der Waals surface area contributed by atoms with Gasteiger partial charge in [0.2, 0.25) is 0 Å². The smallest absolute Gasteiger partial charge is 0.312 e. The Morgan fingerprint density at radius 1 is 1.52 bits per heavy atom. The average molecular weight is 319 g/mol. The number of fused-ring (bicyclic) bond motifs is 2. The molecule has 3 fully saturated rings. The Labute approximate surface area is 136 Å². The van der Waals surface area contributed by atoms with Crippen LogP contribution in [0.15, 0.2) is 6.20 Å². The van der Waals surface area contributed by atoms with Gasteiger partial charge in [-0.1, -0.05) is 6.42 Å². The third kappa shape index (κ3) is 2.48. The molecule has 126 valence electrons. The summed E-state index contributed by atoms with van der Waals surface area (Å²) in [4.78, 5) is 11.5. The molecule has 0 aromatic carbocycles. The third-order valence-corrected chi connectivity index (χ3v) is 6.02. The fraction of sp³-hybridized carbons (Fsp3) is 0.765. The Morgan fingerprint density at radius 3 is 2.91 bits per heavy atom. The molecule has 0 spiro atoms. The molecule has 2 atom stereocenters. The molecule has 1 aromatic heterocycles. The van der Waals surface area contributed by atoms with E-state index in [0.29, 0.717) is 18.9 Å². The molecule has 6 nitrogen and oxygen atoms in total. The molecule has 6 heteroatoms. The lowest BCUT2D eigenvalue weighted by molar-refractivity contribution is -0.150. The fourth-order valence-electron chi connectivity index (χ4n) is 4.39. The highest BCUT2D eigenvalue weighted by molar-refractivity contribution is 5.76. The average Bonchev–Trinajstić information content (AvgIpc) is 3.11. The predicted octanol–water partition coefficient (Wildman–Crippen LogP) is 1.80. The summed E-state index contributed by atoms with van der Waals surface area (Å²) in [5.74, 6) is -0.0727. The van der Waals surface area contributed by atoms with Crippen LogP contribution in [0, 0.1) is 5.41 Å². The van der Waals surface area contributed by atoms with E-state index in [1.165, 1.54) is 30.5 Å². The molecule has 2 bridgehead atoms. The Hall–Kier alpha value is -1.40. The van der Waals surface area contributed by atoms with Crippen molar-refractivity contribution in [1.82, 2.24) is 15.1 Å². The Balaban J connectivity index is 1.37.